The fourth-order valence-electron chi connectivity index (χ4n) is 6.46. The quantitative estimate of drug-likeness (QED) is 0.734. The van der Waals surface area contributed by atoms with E-state index < -0.39 is 0 Å². The molecule has 1 nitrogen and oxygen atoms in total. The zero-order valence-electron chi connectivity index (χ0n) is 13.5. The Labute approximate surface area is 134 Å². The number of hydrogen-bond acceptors (Lipinski definition) is 1. The molecule has 6 rings (SSSR count). The van der Waals surface area contributed by atoms with Gasteiger partial charge >= 0.3 is 0 Å². The molecule has 4 aliphatic carbocycles. The highest BCUT2D eigenvalue weighted by Crippen LogP contribution is 2.63. The molecule has 4 fully saturated rings. The molecule has 5 aliphatic rings. The van der Waals surface area contributed by atoms with Crippen molar-refractivity contribution >= 4 is 0 Å². The van der Waals surface area contributed by atoms with E-state index in [0.29, 0.717) is 5.41 Å². The van der Waals surface area contributed by atoms with E-state index in [2.05, 4.69) is 41.3 Å². The third-order valence-corrected chi connectivity index (χ3v) is 6.96. The fourth-order valence-corrected chi connectivity index (χ4v) is 6.46. The Balaban J connectivity index is 1.31. The summed E-state index contributed by atoms with van der Waals surface area (Å²) in [6.45, 7) is 3.53. The number of hydrogen-bond donors (Lipinski definition) is 0. The van der Waals surface area contributed by atoms with E-state index in [-0.39, 0.29) is 0 Å². The summed E-state index contributed by atoms with van der Waals surface area (Å²) in [4.78, 5) is 2.64. The highest BCUT2D eigenvalue weighted by atomic mass is 15.1. The van der Waals surface area contributed by atoms with E-state index in [1.165, 1.54) is 37.9 Å². The summed E-state index contributed by atoms with van der Waals surface area (Å²) >= 11 is 0. The monoisotopic (exact) mass is 293 g/mol. The molecule has 0 N–H and O–H groups in total. The van der Waals surface area contributed by atoms with Crippen molar-refractivity contribution < 1.29 is 0 Å². The van der Waals surface area contributed by atoms with Gasteiger partial charge in [-0.2, -0.15) is 0 Å². The van der Waals surface area contributed by atoms with Crippen molar-refractivity contribution in [2.45, 2.75) is 45.1 Å². The predicted octanol–water partition coefficient (Wildman–Crippen LogP) is 4.65. The zero-order chi connectivity index (χ0) is 14.6. The van der Waals surface area contributed by atoms with Gasteiger partial charge in [0.15, 0.2) is 0 Å². The van der Waals surface area contributed by atoms with Gasteiger partial charge in [-0.3, -0.25) is 4.90 Å². The van der Waals surface area contributed by atoms with Crippen LogP contribution >= 0.6 is 0 Å². The molecule has 1 heteroatoms. The van der Waals surface area contributed by atoms with Crippen molar-refractivity contribution in [3.8, 4) is 0 Å². The minimum Gasteiger partial charge on any atom is -0.291 e. The highest BCUT2D eigenvalue weighted by Gasteiger charge is 2.52. The summed E-state index contributed by atoms with van der Waals surface area (Å²) in [6.07, 6.45) is 11.8. The Morgan fingerprint density at radius 3 is 2.18 bits per heavy atom. The lowest BCUT2D eigenvalue weighted by Crippen LogP contribution is -2.47. The molecule has 1 aromatic rings. The van der Waals surface area contributed by atoms with Crippen molar-refractivity contribution in [2.75, 3.05) is 13.1 Å². The summed E-state index contributed by atoms with van der Waals surface area (Å²) in [5, 5.41) is 0. The van der Waals surface area contributed by atoms with Gasteiger partial charge in [0, 0.05) is 19.6 Å². The van der Waals surface area contributed by atoms with E-state index in [1.54, 1.807) is 19.3 Å². The first-order chi connectivity index (χ1) is 10.8. The van der Waals surface area contributed by atoms with Crippen molar-refractivity contribution in [3.63, 3.8) is 0 Å². The first-order valence-electron chi connectivity index (χ1n) is 9.25. The Morgan fingerprint density at radius 1 is 0.909 bits per heavy atom. The molecule has 0 amide bonds. The molecule has 4 bridgehead atoms. The number of benzene rings is 1. The van der Waals surface area contributed by atoms with Crippen LogP contribution in [0.1, 0.15) is 44.1 Å². The molecule has 116 valence electrons. The van der Waals surface area contributed by atoms with Gasteiger partial charge in [-0.05, 0) is 67.3 Å². The second-order valence-electron chi connectivity index (χ2n) is 8.58. The molecule has 0 atom stereocenters. The Kier molecular flexibility index (Phi) is 3.01. The summed E-state index contributed by atoms with van der Waals surface area (Å²) < 4.78 is 0. The van der Waals surface area contributed by atoms with Crippen LogP contribution < -0.4 is 0 Å². The smallest absolute Gasteiger partial charge is 0.0240 e. The van der Waals surface area contributed by atoms with Crippen molar-refractivity contribution in [2.24, 2.45) is 23.2 Å². The first kappa shape index (κ1) is 13.4. The molecule has 0 aromatic heterocycles. The van der Waals surface area contributed by atoms with Crippen LogP contribution in [0.25, 0.3) is 0 Å². The normalized spacial score (nSPS) is 40.2. The molecule has 0 radical (unpaired) electrons. The summed E-state index contributed by atoms with van der Waals surface area (Å²) in [5.74, 6) is 3.20. The van der Waals surface area contributed by atoms with Gasteiger partial charge in [0.2, 0.25) is 0 Å². The number of nitrogens with zero attached hydrogens (tertiary/aromatic N) is 1. The molecule has 1 aliphatic heterocycles. The maximum absolute atomic E-state index is 2.64. The average molecular weight is 293 g/mol. The van der Waals surface area contributed by atoms with Crippen molar-refractivity contribution in [1.82, 2.24) is 4.90 Å². The van der Waals surface area contributed by atoms with E-state index in [4.69, 9.17) is 0 Å². The minimum absolute atomic E-state index is 0.625. The average Bonchev–Trinajstić information content (AvgIpc) is 2.96. The summed E-state index contributed by atoms with van der Waals surface area (Å²) in [5.41, 5.74) is 3.91. The van der Waals surface area contributed by atoms with Crippen LogP contribution in [0.15, 0.2) is 42.0 Å². The standard InChI is InChI=1S/C21H27N/c1-2-4-16(5-3-1)14-22-7-6-20(15-22)21-11-17-8-18(12-21)10-19(9-17)13-21/h1-6,17-19H,7-15H2. The minimum atomic E-state index is 0.625. The SMILES string of the molecule is C1=C(C23CC4CC(CC(C4)C2)C3)CN(Cc2ccccc2)C1. The van der Waals surface area contributed by atoms with Gasteiger partial charge in [-0.25, -0.2) is 0 Å². The third-order valence-electron chi connectivity index (χ3n) is 6.96. The van der Waals surface area contributed by atoms with Crippen LogP contribution in [-0.4, -0.2) is 18.0 Å². The maximum atomic E-state index is 2.64. The molecule has 1 heterocycles. The predicted molar refractivity (Wildman–Crippen MR) is 90.4 cm³/mol. The Bertz CT molecular complexity index is 550. The molecule has 4 saturated carbocycles. The van der Waals surface area contributed by atoms with Crippen LogP contribution in [0.2, 0.25) is 0 Å². The lowest BCUT2D eigenvalue weighted by Gasteiger charge is -2.57. The largest absolute Gasteiger partial charge is 0.291 e. The molecule has 22 heavy (non-hydrogen) atoms. The molecular formula is C21H27N. The summed E-state index contributed by atoms with van der Waals surface area (Å²) in [6, 6.07) is 11.0. The van der Waals surface area contributed by atoms with Crippen LogP contribution in [0.5, 0.6) is 0 Å². The van der Waals surface area contributed by atoms with Gasteiger partial charge in [0.05, 0.1) is 0 Å². The Morgan fingerprint density at radius 2 is 1.55 bits per heavy atom. The molecule has 0 saturated heterocycles. The Hall–Kier alpha value is -1.08. The second-order valence-corrected chi connectivity index (χ2v) is 8.58. The molecule has 0 unspecified atom stereocenters. The van der Waals surface area contributed by atoms with Crippen molar-refractivity contribution in [3.05, 3.63) is 47.5 Å². The van der Waals surface area contributed by atoms with Gasteiger partial charge in [0.25, 0.3) is 0 Å². The first-order valence-corrected chi connectivity index (χ1v) is 9.25. The van der Waals surface area contributed by atoms with Gasteiger partial charge in [-0.1, -0.05) is 42.0 Å². The molecular weight excluding hydrogens is 266 g/mol. The van der Waals surface area contributed by atoms with E-state index >= 15 is 0 Å². The lowest BCUT2D eigenvalue weighted by molar-refractivity contribution is -0.0320. The second kappa shape index (κ2) is 4.96. The highest BCUT2D eigenvalue weighted by molar-refractivity contribution is 5.26. The van der Waals surface area contributed by atoms with Gasteiger partial charge < -0.3 is 0 Å². The van der Waals surface area contributed by atoms with Gasteiger partial charge in [-0.15, -0.1) is 0 Å². The van der Waals surface area contributed by atoms with E-state index in [0.717, 1.165) is 24.3 Å². The zero-order valence-corrected chi connectivity index (χ0v) is 13.5. The van der Waals surface area contributed by atoms with Crippen LogP contribution in [-0.2, 0) is 6.54 Å². The maximum Gasteiger partial charge on any atom is 0.0240 e. The fraction of sp³-hybridized carbons (Fsp3) is 0.619. The lowest BCUT2D eigenvalue weighted by atomic mass is 9.48. The summed E-state index contributed by atoms with van der Waals surface area (Å²) in [7, 11) is 0. The van der Waals surface area contributed by atoms with E-state index in [1.807, 2.05) is 5.57 Å². The van der Waals surface area contributed by atoms with Gasteiger partial charge in [0.1, 0.15) is 0 Å². The molecule has 1 aromatic carbocycles. The molecule has 0 spiro atoms. The van der Waals surface area contributed by atoms with Crippen LogP contribution in [0.4, 0.5) is 0 Å². The topological polar surface area (TPSA) is 3.24 Å². The van der Waals surface area contributed by atoms with E-state index in [9.17, 15) is 0 Å². The van der Waals surface area contributed by atoms with Crippen LogP contribution in [0.3, 0.4) is 0 Å². The third kappa shape index (κ3) is 2.17. The van der Waals surface area contributed by atoms with Crippen molar-refractivity contribution in [1.29, 1.82) is 0 Å². The number of rotatable bonds is 3. The van der Waals surface area contributed by atoms with Crippen LogP contribution in [0, 0.1) is 23.2 Å².